The van der Waals surface area contributed by atoms with Crippen LogP contribution in [0.3, 0.4) is 0 Å². The average molecular weight is 435 g/mol. The molecule has 2 aromatic rings. The molecule has 5 rings (SSSR count). The number of amides is 1. The van der Waals surface area contributed by atoms with Gasteiger partial charge in [-0.2, -0.15) is 13.2 Å². The SMILES string of the molecule is CC1=C(c2nnc(C3CCOC3)o2)C(=O)N2NC(C(F)(F)F)C(c3ccccc3)C2N1. The van der Waals surface area contributed by atoms with Crippen molar-refractivity contribution in [3.05, 3.63) is 53.4 Å². The topological polar surface area (TPSA) is 92.5 Å². The Hall–Kier alpha value is -2.92. The van der Waals surface area contributed by atoms with Crippen LogP contribution in [0.4, 0.5) is 13.2 Å². The van der Waals surface area contributed by atoms with E-state index in [4.69, 9.17) is 9.15 Å². The summed E-state index contributed by atoms with van der Waals surface area (Å²) in [6.07, 6.45) is -4.75. The third kappa shape index (κ3) is 3.37. The summed E-state index contributed by atoms with van der Waals surface area (Å²) in [6, 6.07) is 6.41. The number of alkyl halides is 3. The molecule has 4 heterocycles. The van der Waals surface area contributed by atoms with Crippen LogP contribution in [0.2, 0.25) is 0 Å². The van der Waals surface area contributed by atoms with Gasteiger partial charge in [0.25, 0.3) is 11.8 Å². The molecule has 0 radical (unpaired) electrons. The van der Waals surface area contributed by atoms with Crippen LogP contribution in [0.25, 0.3) is 5.57 Å². The molecule has 4 atom stereocenters. The Morgan fingerprint density at radius 2 is 1.97 bits per heavy atom. The number of hydrazine groups is 1. The van der Waals surface area contributed by atoms with Crippen molar-refractivity contribution in [2.24, 2.45) is 0 Å². The molecule has 2 N–H and O–H groups in total. The zero-order valence-electron chi connectivity index (χ0n) is 16.5. The molecule has 4 unspecified atom stereocenters. The second kappa shape index (κ2) is 7.34. The molecular formula is C20H20F3N5O3. The van der Waals surface area contributed by atoms with Gasteiger partial charge in [0.05, 0.1) is 18.4 Å². The molecule has 0 aliphatic carbocycles. The molecule has 1 aromatic heterocycles. The Labute approximate surface area is 175 Å². The Morgan fingerprint density at radius 1 is 1.19 bits per heavy atom. The van der Waals surface area contributed by atoms with Gasteiger partial charge in [-0.3, -0.25) is 4.79 Å². The van der Waals surface area contributed by atoms with Crippen molar-refractivity contribution in [3.63, 3.8) is 0 Å². The van der Waals surface area contributed by atoms with Crippen molar-refractivity contribution in [1.29, 1.82) is 0 Å². The van der Waals surface area contributed by atoms with E-state index in [1.165, 1.54) is 0 Å². The molecule has 8 nitrogen and oxygen atoms in total. The highest BCUT2D eigenvalue weighted by atomic mass is 19.4. The van der Waals surface area contributed by atoms with Gasteiger partial charge in [0.15, 0.2) is 0 Å². The first-order chi connectivity index (χ1) is 14.8. The summed E-state index contributed by atoms with van der Waals surface area (Å²) in [5, 5.41) is 12.0. The molecule has 3 aliphatic heterocycles. The van der Waals surface area contributed by atoms with Crippen LogP contribution in [0.5, 0.6) is 0 Å². The largest absolute Gasteiger partial charge is 0.420 e. The van der Waals surface area contributed by atoms with Crippen molar-refractivity contribution in [3.8, 4) is 0 Å². The van der Waals surface area contributed by atoms with Crippen molar-refractivity contribution >= 4 is 11.5 Å². The van der Waals surface area contributed by atoms with E-state index in [0.29, 0.717) is 30.4 Å². The zero-order chi connectivity index (χ0) is 21.8. The van der Waals surface area contributed by atoms with Gasteiger partial charge in [0, 0.05) is 12.3 Å². The second-order valence-electron chi connectivity index (χ2n) is 7.86. The third-order valence-corrected chi connectivity index (χ3v) is 5.90. The van der Waals surface area contributed by atoms with Crippen LogP contribution in [0.15, 0.2) is 40.4 Å². The quantitative estimate of drug-likeness (QED) is 0.764. The Bertz CT molecular complexity index is 1020. The van der Waals surface area contributed by atoms with Gasteiger partial charge in [-0.25, -0.2) is 10.4 Å². The fourth-order valence-corrected chi connectivity index (χ4v) is 4.38. The number of nitrogens with zero attached hydrogens (tertiary/aromatic N) is 3. The maximum atomic E-state index is 13.9. The lowest BCUT2D eigenvalue weighted by molar-refractivity contribution is -0.161. The van der Waals surface area contributed by atoms with Crippen molar-refractivity contribution in [2.75, 3.05) is 13.2 Å². The molecule has 2 fully saturated rings. The standard InChI is InChI=1S/C20H20F3N5O3/c1-10-13(18-26-25-17(31-18)12-7-8-30-9-12)19(29)28-16(24-10)14(11-5-3-2-4-6-11)15(27-28)20(21,22)23/h2-6,12,14-16,24,27H,7-9H2,1H3. The number of halogens is 3. The van der Waals surface area contributed by atoms with Crippen LogP contribution in [0.1, 0.15) is 42.5 Å². The minimum absolute atomic E-state index is 0.0242. The maximum absolute atomic E-state index is 13.9. The summed E-state index contributed by atoms with van der Waals surface area (Å²) < 4.78 is 52.6. The van der Waals surface area contributed by atoms with Crippen LogP contribution in [-0.4, -0.2) is 52.7 Å². The first kappa shape index (κ1) is 20.0. The average Bonchev–Trinajstić information content (AvgIpc) is 3.47. The molecule has 1 aromatic carbocycles. The van der Waals surface area contributed by atoms with E-state index in [-0.39, 0.29) is 17.4 Å². The number of ether oxygens (including phenoxy) is 1. The molecule has 1 amide bonds. The van der Waals surface area contributed by atoms with Crippen LogP contribution in [0, 0.1) is 0 Å². The minimum Gasteiger partial charge on any atom is -0.420 e. The van der Waals surface area contributed by atoms with Crippen molar-refractivity contribution in [1.82, 2.24) is 25.9 Å². The third-order valence-electron chi connectivity index (χ3n) is 5.90. The smallest absolute Gasteiger partial charge is 0.406 e. The summed E-state index contributed by atoms with van der Waals surface area (Å²) in [4.78, 5) is 13.2. The number of aromatic nitrogens is 2. The fourth-order valence-electron chi connectivity index (χ4n) is 4.38. The predicted octanol–water partition coefficient (Wildman–Crippen LogP) is 2.30. The van der Waals surface area contributed by atoms with Gasteiger partial charge in [-0.05, 0) is 18.9 Å². The molecule has 0 saturated carbocycles. The van der Waals surface area contributed by atoms with Gasteiger partial charge in [-0.15, -0.1) is 10.2 Å². The van der Waals surface area contributed by atoms with E-state index in [2.05, 4.69) is 20.9 Å². The molecule has 0 spiro atoms. The summed E-state index contributed by atoms with van der Waals surface area (Å²) in [7, 11) is 0. The van der Waals surface area contributed by atoms with E-state index >= 15 is 0 Å². The van der Waals surface area contributed by atoms with Gasteiger partial charge in [0.1, 0.15) is 17.8 Å². The fraction of sp³-hybridized carbons (Fsp3) is 0.450. The van der Waals surface area contributed by atoms with Crippen LogP contribution >= 0.6 is 0 Å². The minimum atomic E-state index is -4.56. The maximum Gasteiger partial charge on any atom is 0.406 e. The van der Waals surface area contributed by atoms with Crippen LogP contribution < -0.4 is 10.7 Å². The predicted molar refractivity (Wildman–Crippen MR) is 101 cm³/mol. The lowest BCUT2D eigenvalue weighted by Crippen LogP contribution is -2.54. The highest BCUT2D eigenvalue weighted by Gasteiger charge is 2.58. The normalized spacial score (nSPS) is 28.8. The highest BCUT2D eigenvalue weighted by molar-refractivity contribution is 6.19. The van der Waals surface area contributed by atoms with E-state index in [1.54, 1.807) is 37.3 Å². The molecular weight excluding hydrogens is 415 g/mol. The number of benzene rings is 1. The van der Waals surface area contributed by atoms with E-state index < -0.39 is 30.2 Å². The van der Waals surface area contributed by atoms with Crippen LogP contribution in [-0.2, 0) is 9.53 Å². The number of hydrogen-bond acceptors (Lipinski definition) is 7. The molecule has 2 saturated heterocycles. The summed E-state index contributed by atoms with van der Waals surface area (Å²) in [5.74, 6) is -1.40. The van der Waals surface area contributed by atoms with Gasteiger partial charge in [-0.1, -0.05) is 30.3 Å². The van der Waals surface area contributed by atoms with E-state index in [0.717, 1.165) is 11.4 Å². The number of carbonyl (C=O) groups excluding carboxylic acids is 1. The number of fused-ring (bicyclic) bond motifs is 1. The van der Waals surface area contributed by atoms with Gasteiger partial charge >= 0.3 is 6.18 Å². The Kier molecular flexibility index (Phi) is 4.74. The summed E-state index contributed by atoms with van der Waals surface area (Å²) >= 11 is 0. The first-order valence-electron chi connectivity index (χ1n) is 9.95. The summed E-state index contributed by atoms with van der Waals surface area (Å²) in [5.41, 5.74) is 3.28. The second-order valence-corrected chi connectivity index (χ2v) is 7.86. The number of carbonyl (C=O) groups is 1. The highest BCUT2D eigenvalue weighted by Crippen LogP contribution is 2.42. The van der Waals surface area contributed by atoms with E-state index in [1.807, 2.05) is 0 Å². The number of nitrogens with one attached hydrogen (secondary N) is 2. The Morgan fingerprint density at radius 3 is 2.65 bits per heavy atom. The van der Waals surface area contributed by atoms with Gasteiger partial charge < -0.3 is 14.5 Å². The lowest BCUT2D eigenvalue weighted by Gasteiger charge is -2.34. The molecule has 3 aliphatic rings. The summed E-state index contributed by atoms with van der Waals surface area (Å²) in [6.45, 7) is 2.66. The molecule has 0 bridgehead atoms. The Balaban J connectivity index is 1.50. The monoisotopic (exact) mass is 435 g/mol. The molecule has 164 valence electrons. The first-order valence-corrected chi connectivity index (χ1v) is 9.95. The van der Waals surface area contributed by atoms with Crippen molar-refractivity contribution < 1.29 is 27.1 Å². The van der Waals surface area contributed by atoms with Gasteiger partial charge in [0.2, 0.25) is 5.89 Å². The number of hydrogen-bond donors (Lipinski definition) is 2. The van der Waals surface area contributed by atoms with E-state index in [9.17, 15) is 18.0 Å². The van der Waals surface area contributed by atoms with Crippen molar-refractivity contribution in [2.45, 2.75) is 43.6 Å². The lowest BCUT2D eigenvalue weighted by atomic mass is 9.89. The zero-order valence-corrected chi connectivity index (χ0v) is 16.5. The number of rotatable bonds is 3. The molecule has 11 heteroatoms. The molecule has 31 heavy (non-hydrogen) atoms. The number of allylic oxidation sites excluding steroid dienone is 1.